The molecule has 6 heteroatoms. The van der Waals surface area contributed by atoms with Crippen LogP contribution in [0.2, 0.25) is 0 Å². The highest BCUT2D eigenvalue weighted by molar-refractivity contribution is 7.17. The summed E-state index contributed by atoms with van der Waals surface area (Å²) in [5, 5.41) is 3.82. The van der Waals surface area contributed by atoms with E-state index in [1.54, 1.807) is 0 Å². The van der Waals surface area contributed by atoms with Crippen LogP contribution in [0.15, 0.2) is 18.2 Å². The Bertz CT molecular complexity index is 844. The SMILES string of the molecule is CC(=O)N[C@@H]1CCCN(C(=O)c2sc(-c3ccc(C)cc3C)nc2C)C1. The van der Waals surface area contributed by atoms with Crippen LogP contribution in [0.3, 0.4) is 0 Å². The molecule has 2 aromatic rings. The highest BCUT2D eigenvalue weighted by atomic mass is 32.1. The number of aromatic nitrogens is 1. The third-order valence-corrected chi connectivity index (χ3v) is 5.90. The Morgan fingerprint density at radius 2 is 2.04 bits per heavy atom. The van der Waals surface area contributed by atoms with Gasteiger partial charge in [-0.05, 0) is 39.2 Å². The molecular weight excluding hydrogens is 346 g/mol. The quantitative estimate of drug-likeness (QED) is 0.898. The Morgan fingerprint density at radius 1 is 1.27 bits per heavy atom. The zero-order valence-corrected chi connectivity index (χ0v) is 16.6. The van der Waals surface area contributed by atoms with Gasteiger partial charge in [0.25, 0.3) is 5.91 Å². The van der Waals surface area contributed by atoms with E-state index in [1.165, 1.54) is 29.4 Å². The first-order chi connectivity index (χ1) is 12.3. The maximum atomic E-state index is 13.0. The number of nitrogens with one attached hydrogen (secondary N) is 1. The van der Waals surface area contributed by atoms with Crippen LogP contribution in [0.5, 0.6) is 0 Å². The number of piperidine rings is 1. The van der Waals surface area contributed by atoms with Gasteiger partial charge < -0.3 is 10.2 Å². The molecule has 1 atom stereocenters. The summed E-state index contributed by atoms with van der Waals surface area (Å²) in [4.78, 5) is 31.5. The van der Waals surface area contributed by atoms with Crippen LogP contribution in [0.25, 0.3) is 10.6 Å². The molecule has 1 saturated heterocycles. The molecule has 0 bridgehead atoms. The van der Waals surface area contributed by atoms with Crippen LogP contribution in [-0.2, 0) is 4.79 Å². The lowest BCUT2D eigenvalue weighted by Crippen LogP contribution is -2.49. The molecule has 1 aliphatic rings. The second-order valence-corrected chi connectivity index (χ2v) is 8.04. The summed E-state index contributed by atoms with van der Waals surface area (Å²) in [6.07, 6.45) is 1.82. The lowest BCUT2D eigenvalue weighted by molar-refractivity contribution is -0.120. The van der Waals surface area contributed by atoms with Gasteiger partial charge in [0.15, 0.2) is 0 Å². The minimum Gasteiger partial charge on any atom is -0.352 e. The standard InChI is InChI=1S/C20H25N3O2S/c1-12-7-8-17(13(2)10-12)19-21-14(3)18(26-19)20(25)23-9-5-6-16(11-23)22-15(4)24/h7-8,10,16H,5-6,9,11H2,1-4H3,(H,22,24)/t16-/m1/s1. The number of carbonyl (C=O) groups is 2. The van der Waals surface area contributed by atoms with E-state index in [1.807, 2.05) is 11.8 Å². The van der Waals surface area contributed by atoms with E-state index < -0.39 is 0 Å². The van der Waals surface area contributed by atoms with Crippen molar-refractivity contribution in [1.82, 2.24) is 15.2 Å². The molecule has 0 unspecified atom stereocenters. The number of benzene rings is 1. The number of amides is 2. The molecule has 26 heavy (non-hydrogen) atoms. The monoisotopic (exact) mass is 371 g/mol. The van der Waals surface area contributed by atoms with Gasteiger partial charge in [-0.15, -0.1) is 11.3 Å². The van der Waals surface area contributed by atoms with E-state index in [0.29, 0.717) is 11.4 Å². The number of hydrogen-bond donors (Lipinski definition) is 1. The van der Waals surface area contributed by atoms with E-state index in [4.69, 9.17) is 0 Å². The molecule has 0 radical (unpaired) electrons. The van der Waals surface area contributed by atoms with Crippen LogP contribution in [-0.4, -0.2) is 40.8 Å². The summed E-state index contributed by atoms with van der Waals surface area (Å²) in [6.45, 7) is 8.85. The molecule has 1 aromatic heterocycles. The van der Waals surface area contributed by atoms with E-state index in [2.05, 4.69) is 42.3 Å². The Morgan fingerprint density at radius 3 is 2.73 bits per heavy atom. The number of carbonyl (C=O) groups excluding carboxylic acids is 2. The largest absolute Gasteiger partial charge is 0.352 e. The van der Waals surface area contributed by atoms with Crippen molar-refractivity contribution in [1.29, 1.82) is 0 Å². The molecule has 5 nitrogen and oxygen atoms in total. The van der Waals surface area contributed by atoms with Crippen molar-refractivity contribution in [3.63, 3.8) is 0 Å². The van der Waals surface area contributed by atoms with E-state index in [0.717, 1.165) is 35.7 Å². The number of rotatable bonds is 3. The number of thiazole rings is 1. The molecule has 1 aliphatic heterocycles. The zero-order valence-electron chi connectivity index (χ0n) is 15.8. The average molecular weight is 372 g/mol. The van der Waals surface area contributed by atoms with Crippen molar-refractivity contribution in [3.05, 3.63) is 39.9 Å². The van der Waals surface area contributed by atoms with Gasteiger partial charge in [0, 0.05) is 31.6 Å². The second-order valence-electron chi connectivity index (χ2n) is 7.04. The summed E-state index contributed by atoms with van der Waals surface area (Å²) in [5.41, 5.74) is 4.24. The molecule has 1 N–H and O–H groups in total. The smallest absolute Gasteiger partial charge is 0.265 e. The Balaban J connectivity index is 1.82. The van der Waals surface area contributed by atoms with E-state index in [-0.39, 0.29) is 17.9 Å². The van der Waals surface area contributed by atoms with Crippen LogP contribution >= 0.6 is 11.3 Å². The summed E-state index contributed by atoms with van der Waals surface area (Å²) in [5.74, 6) is -0.0264. The maximum Gasteiger partial charge on any atom is 0.265 e. The highest BCUT2D eigenvalue weighted by Gasteiger charge is 2.27. The second kappa shape index (κ2) is 7.58. The third kappa shape index (κ3) is 3.96. The molecule has 138 valence electrons. The Hall–Kier alpha value is -2.21. The lowest BCUT2D eigenvalue weighted by atomic mass is 10.1. The predicted molar refractivity (Wildman–Crippen MR) is 105 cm³/mol. The Kier molecular flexibility index (Phi) is 5.41. The third-order valence-electron chi connectivity index (χ3n) is 4.72. The fourth-order valence-corrected chi connectivity index (χ4v) is 4.60. The van der Waals surface area contributed by atoms with Gasteiger partial charge in [-0.25, -0.2) is 4.98 Å². The molecule has 0 saturated carbocycles. The van der Waals surface area contributed by atoms with Gasteiger partial charge in [-0.3, -0.25) is 9.59 Å². The summed E-state index contributed by atoms with van der Waals surface area (Å²) in [7, 11) is 0. The minimum absolute atomic E-state index is 0.0195. The lowest BCUT2D eigenvalue weighted by Gasteiger charge is -2.32. The number of nitrogens with zero attached hydrogens (tertiary/aromatic N) is 2. The van der Waals surface area contributed by atoms with Crippen molar-refractivity contribution in [2.45, 2.75) is 46.6 Å². The summed E-state index contributed by atoms with van der Waals surface area (Å²) >= 11 is 1.46. The fraction of sp³-hybridized carbons (Fsp3) is 0.450. The van der Waals surface area contributed by atoms with Gasteiger partial charge in [-0.1, -0.05) is 23.8 Å². The molecule has 2 heterocycles. The van der Waals surface area contributed by atoms with Crippen molar-refractivity contribution >= 4 is 23.2 Å². The predicted octanol–water partition coefficient (Wildman–Crippen LogP) is 3.48. The number of aryl methyl sites for hydroxylation is 3. The summed E-state index contributed by atoms with van der Waals surface area (Å²) < 4.78 is 0. The van der Waals surface area contributed by atoms with Crippen LogP contribution in [0, 0.1) is 20.8 Å². The molecular formula is C20H25N3O2S. The van der Waals surface area contributed by atoms with Gasteiger partial charge >= 0.3 is 0 Å². The fourth-order valence-electron chi connectivity index (χ4n) is 3.47. The van der Waals surface area contributed by atoms with Crippen molar-refractivity contribution in [3.8, 4) is 10.6 Å². The summed E-state index contributed by atoms with van der Waals surface area (Å²) in [6, 6.07) is 6.32. The highest BCUT2D eigenvalue weighted by Crippen LogP contribution is 2.31. The van der Waals surface area contributed by atoms with Crippen LogP contribution in [0.1, 0.15) is 46.3 Å². The van der Waals surface area contributed by atoms with Crippen molar-refractivity contribution in [2.24, 2.45) is 0 Å². The van der Waals surface area contributed by atoms with Crippen LogP contribution in [0.4, 0.5) is 0 Å². The first kappa shape index (κ1) is 18.6. The topological polar surface area (TPSA) is 62.3 Å². The van der Waals surface area contributed by atoms with Crippen molar-refractivity contribution in [2.75, 3.05) is 13.1 Å². The molecule has 2 amide bonds. The first-order valence-electron chi connectivity index (χ1n) is 8.96. The molecule has 0 spiro atoms. The normalized spacial score (nSPS) is 17.2. The molecule has 0 aliphatic carbocycles. The average Bonchev–Trinajstić information content (AvgIpc) is 2.95. The van der Waals surface area contributed by atoms with Crippen molar-refractivity contribution < 1.29 is 9.59 Å². The molecule has 1 fully saturated rings. The molecule has 1 aromatic carbocycles. The first-order valence-corrected chi connectivity index (χ1v) is 9.78. The number of likely N-dealkylation sites (tertiary alicyclic amines) is 1. The van der Waals surface area contributed by atoms with Crippen LogP contribution < -0.4 is 5.32 Å². The van der Waals surface area contributed by atoms with Gasteiger partial charge in [0.05, 0.1) is 5.69 Å². The van der Waals surface area contributed by atoms with Gasteiger partial charge in [-0.2, -0.15) is 0 Å². The van der Waals surface area contributed by atoms with E-state index in [9.17, 15) is 9.59 Å². The minimum atomic E-state index is -0.0459. The molecule has 3 rings (SSSR count). The van der Waals surface area contributed by atoms with Gasteiger partial charge in [0.1, 0.15) is 9.88 Å². The Labute approximate surface area is 158 Å². The van der Waals surface area contributed by atoms with E-state index >= 15 is 0 Å². The zero-order chi connectivity index (χ0) is 18.8. The van der Waals surface area contributed by atoms with Gasteiger partial charge in [0.2, 0.25) is 5.91 Å². The number of hydrogen-bond acceptors (Lipinski definition) is 4. The maximum absolute atomic E-state index is 13.0.